The summed E-state index contributed by atoms with van der Waals surface area (Å²) < 4.78 is 0. The van der Waals surface area contributed by atoms with Gasteiger partial charge in [0.15, 0.2) is 0 Å². The van der Waals surface area contributed by atoms with Crippen LogP contribution in [-0.4, -0.2) is 4.98 Å². The van der Waals surface area contributed by atoms with Crippen molar-refractivity contribution in [3.05, 3.63) is 73.5 Å². The maximum absolute atomic E-state index is 12.3. The Labute approximate surface area is 144 Å². The molecule has 0 spiro atoms. The van der Waals surface area contributed by atoms with E-state index >= 15 is 0 Å². The topological polar surface area (TPSA) is 44.9 Å². The number of aromatic nitrogens is 1. The third-order valence-corrected chi connectivity index (χ3v) is 4.59. The van der Waals surface area contributed by atoms with Crippen LogP contribution in [0.5, 0.6) is 0 Å². The quantitative estimate of drug-likeness (QED) is 0.695. The highest BCUT2D eigenvalue weighted by molar-refractivity contribution is 6.35. The van der Waals surface area contributed by atoms with Gasteiger partial charge in [-0.2, -0.15) is 0 Å². The van der Waals surface area contributed by atoms with E-state index < -0.39 is 0 Å². The molecule has 0 bridgehead atoms. The normalized spacial score (nSPS) is 11.0. The van der Waals surface area contributed by atoms with E-state index in [0.717, 1.165) is 22.0 Å². The number of aromatic amines is 1. The second kappa shape index (κ2) is 6.26. The fraction of sp³-hybridized carbons (Fsp3) is 0.167. The molecule has 0 aliphatic heterocycles. The first-order valence-corrected chi connectivity index (χ1v) is 8.02. The fourth-order valence-corrected chi connectivity index (χ4v) is 2.88. The molecule has 2 N–H and O–H groups in total. The van der Waals surface area contributed by atoms with Crippen molar-refractivity contribution < 1.29 is 0 Å². The molecule has 0 unspecified atom stereocenters. The SMILES string of the molecule is Cc1ccc2cc(CNc3cc(Cl)ccc3Cl)c(=O)[nH]c2c1C. The number of anilines is 1. The molecule has 0 saturated carbocycles. The van der Waals surface area contributed by atoms with E-state index in [-0.39, 0.29) is 5.56 Å². The van der Waals surface area contributed by atoms with Crippen LogP contribution in [0, 0.1) is 13.8 Å². The van der Waals surface area contributed by atoms with Crippen LogP contribution >= 0.6 is 23.2 Å². The second-order valence-corrected chi connectivity index (χ2v) is 6.42. The molecule has 3 aromatic rings. The average Bonchev–Trinajstić information content (AvgIpc) is 2.53. The summed E-state index contributed by atoms with van der Waals surface area (Å²) in [7, 11) is 0. The number of H-pyrrole nitrogens is 1. The molecule has 0 saturated heterocycles. The third kappa shape index (κ3) is 3.21. The van der Waals surface area contributed by atoms with Crippen LogP contribution in [0.2, 0.25) is 10.0 Å². The zero-order chi connectivity index (χ0) is 16.6. The molecule has 5 heteroatoms. The van der Waals surface area contributed by atoms with Crippen molar-refractivity contribution in [2.24, 2.45) is 0 Å². The highest BCUT2D eigenvalue weighted by Crippen LogP contribution is 2.26. The van der Waals surface area contributed by atoms with Gasteiger partial charge >= 0.3 is 0 Å². The maximum Gasteiger partial charge on any atom is 0.253 e. The molecule has 0 aliphatic rings. The van der Waals surface area contributed by atoms with Crippen LogP contribution in [0.1, 0.15) is 16.7 Å². The monoisotopic (exact) mass is 346 g/mol. The smallest absolute Gasteiger partial charge is 0.253 e. The fourth-order valence-electron chi connectivity index (χ4n) is 2.52. The molecule has 0 atom stereocenters. The average molecular weight is 347 g/mol. The maximum atomic E-state index is 12.3. The van der Waals surface area contributed by atoms with Gasteiger partial charge < -0.3 is 10.3 Å². The minimum atomic E-state index is -0.100. The van der Waals surface area contributed by atoms with Crippen molar-refractivity contribution >= 4 is 39.8 Å². The van der Waals surface area contributed by atoms with E-state index in [1.165, 1.54) is 0 Å². The zero-order valence-electron chi connectivity index (χ0n) is 12.8. The first-order valence-electron chi connectivity index (χ1n) is 7.27. The van der Waals surface area contributed by atoms with Gasteiger partial charge in [-0.15, -0.1) is 0 Å². The number of rotatable bonds is 3. The van der Waals surface area contributed by atoms with Gasteiger partial charge in [-0.05, 0) is 54.6 Å². The second-order valence-electron chi connectivity index (χ2n) is 5.57. The number of pyridine rings is 1. The molecular weight excluding hydrogens is 331 g/mol. The molecule has 118 valence electrons. The predicted molar refractivity (Wildman–Crippen MR) is 97.8 cm³/mol. The lowest BCUT2D eigenvalue weighted by Crippen LogP contribution is -2.16. The molecule has 23 heavy (non-hydrogen) atoms. The van der Waals surface area contributed by atoms with Crippen molar-refractivity contribution in [1.29, 1.82) is 0 Å². The van der Waals surface area contributed by atoms with E-state index in [1.807, 2.05) is 26.0 Å². The van der Waals surface area contributed by atoms with Gasteiger partial charge in [0.1, 0.15) is 0 Å². The predicted octanol–water partition coefficient (Wildman–Crippen LogP) is 5.06. The Morgan fingerprint density at radius 3 is 2.65 bits per heavy atom. The van der Waals surface area contributed by atoms with Crippen LogP contribution in [-0.2, 0) is 6.54 Å². The summed E-state index contributed by atoms with van der Waals surface area (Å²) in [5, 5.41) is 5.34. The molecule has 0 fully saturated rings. The van der Waals surface area contributed by atoms with Gasteiger partial charge in [0, 0.05) is 17.1 Å². The van der Waals surface area contributed by atoms with E-state index in [1.54, 1.807) is 18.2 Å². The highest BCUT2D eigenvalue weighted by atomic mass is 35.5. The summed E-state index contributed by atoms with van der Waals surface area (Å²) in [5.74, 6) is 0. The van der Waals surface area contributed by atoms with E-state index in [2.05, 4.69) is 16.4 Å². The zero-order valence-corrected chi connectivity index (χ0v) is 14.3. The third-order valence-electron chi connectivity index (χ3n) is 4.03. The number of fused-ring (bicyclic) bond motifs is 1. The molecule has 1 heterocycles. The Morgan fingerprint density at radius 2 is 1.87 bits per heavy atom. The Bertz CT molecular complexity index is 948. The van der Waals surface area contributed by atoms with Crippen molar-refractivity contribution in [3.63, 3.8) is 0 Å². The van der Waals surface area contributed by atoms with Gasteiger partial charge in [0.25, 0.3) is 5.56 Å². The molecule has 3 rings (SSSR count). The molecule has 0 amide bonds. The number of hydrogen-bond acceptors (Lipinski definition) is 2. The molecule has 0 radical (unpaired) electrons. The van der Waals surface area contributed by atoms with E-state index in [4.69, 9.17) is 23.2 Å². The number of halogens is 2. The number of hydrogen-bond donors (Lipinski definition) is 2. The largest absolute Gasteiger partial charge is 0.380 e. The Hall–Kier alpha value is -1.97. The van der Waals surface area contributed by atoms with Crippen molar-refractivity contribution in [3.8, 4) is 0 Å². The van der Waals surface area contributed by atoms with Crippen molar-refractivity contribution in [2.45, 2.75) is 20.4 Å². The molecule has 0 aliphatic carbocycles. The van der Waals surface area contributed by atoms with E-state index in [9.17, 15) is 4.79 Å². The summed E-state index contributed by atoms with van der Waals surface area (Å²) in [4.78, 5) is 15.3. The highest BCUT2D eigenvalue weighted by Gasteiger charge is 2.07. The van der Waals surface area contributed by atoms with Gasteiger partial charge in [0.2, 0.25) is 0 Å². The standard InChI is InChI=1S/C18H16Cl2N2O/c1-10-3-4-12-7-13(18(23)22-17(12)11(10)2)9-21-16-8-14(19)5-6-15(16)20/h3-8,21H,9H2,1-2H3,(H,22,23). The van der Waals surface area contributed by atoms with Gasteiger partial charge in [-0.3, -0.25) is 4.79 Å². The van der Waals surface area contributed by atoms with Gasteiger partial charge in [-0.25, -0.2) is 0 Å². The van der Waals surface area contributed by atoms with Crippen LogP contribution in [0.25, 0.3) is 10.9 Å². The first-order chi connectivity index (χ1) is 11.0. The van der Waals surface area contributed by atoms with Crippen LogP contribution in [0.3, 0.4) is 0 Å². The van der Waals surface area contributed by atoms with Crippen molar-refractivity contribution in [2.75, 3.05) is 5.32 Å². The van der Waals surface area contributed by atoms with Crippen molar-refractivity contribution in [1.82, 2.24) is 4.98 Å². The van der Waals surface area contributed by atoms with Gasteiger partial charge in [0.05, 0.1) is 16.2 Å². The molecule has 1 aromatic heterocycles. The van der Waals surface area contributed by atoms with Gasteiger partial charge in [-0.1, -0.05) is 35.3 Å². The molecular formula is C18H16Cl2N2O. The summed E-state index contributed by atoms with van der Waals surface area (Å²) in [6, 6.07) is 11.2. The summed E-state index contributed by atoms with van der Waals surface area (Å²) in [6.07, 6.45) is 0. The number of aryl methyl sites for hydroxylation is 2. The minimum absolute atomic E-state index is 0.100. The van der Waals surface area contributed by atoms with E-state index in [0.29, 0.717) is 27.8 Å². The molecule has 2 aromatic carbocycles. The van der Waals surface area contributed by atoms with Crippen LogP contribution in [0.4, 0.5) is 5.69 Å². The molecule has 3 nitrogen and oxygen atoms in total. The van der Waals surface area contributed by atoms with Crippen LogP contribution in [0.15, 0.2) is 41.2 Å². The number of nitrogens with one attached hydrogen (secondary N) is 2. The first kappa shape index (κ1) is 15.9. The van der Waals surface area contributed by atoms with Crippen LogP contribution < -0.4 is 10.9 Å². The Morgan fingerprint density at radius 1 is 1.09 bits per heavy atom. The lowest BCUT2D eigenvalue weighted by Gasteiger charge is -2.10. The summed E-state index contributed by atoms with van der Waals surface area (Å²) >= 11 is 12.1. The minimum Gasteiger partial charge on any atom is -0.380 e. The lowest BCUT2D eigenvalue weighted by molar-refractivity contribution is 1.09. The summed E-state index contributed by atoms with van der Waals surface area (Å²) in [6.45, 7) is 4.42. The Balaban J connectivity index is 1.94. The number of benzene rings is 2. The Kier molecular flexibility index (Phi) is 4.33. The lowest BCUT2D eigenvalue weighted by atomic mass is 10.0. The summed E-state index contributed by atoms with van der Waals surface area (Å²) in [5.41, 5.74) is 4.40.